The van der Waals surface area contributed by atoms with Crippen molar-refractivity contribution in [3.8, 4) is 0 Å². The molecule has 0 aromatic carbocycles. The lowest BCUT2D eigenvalue weighted by Gasteiger charge is -2.32. The molecule has 0 spiro atoms. The molecule has 3 N–H and O–H groups in total. The highest BCUT2D eigenvalue weighted by Gasteiger charge is 2.43. The summed E-state index contributed by atoms with van der Waals surface area (Å²) in [4.78, 5) is 5.01. The molecule has 1 saturated heterocycles. The number of aliphatic hydroxyl groups excluding tert-OH is 2. The summed E-state index contributed by atoms with van der Waals surface area (Å²) in [6, 6.07) is 3.00. The first-order valence-corrected chi connectivity index (χ1v) is 6.47. The van der Waals surface area contributed by atoms with Crippen molar-refractivity contribution in [1.82, 2.24) is 5.32 Å². The third-order valence-electron chi connectivity index (χ3n) is 3.58. The Morgan fingerprint density at radius 3 is 2.95 bits per heavy atom. The van der Waals surface area contributed by atoms with Gasteiger partial charge >= 0.3 is 0 Å². The molecule has 0 amide bonds. The predicted molar refractivity (Wildman–Crippen MR) is 66.4 cm³/mol. The quantitative estimate of drug-likeness (QED) is 0.670. The van der Waals surface area contributed by atoms with E-state index in [2.05, 4.69) is 5.32 Å². The molecule has 1 fully saturated rings. The van der Waals surface area contributed by atoms with Crippen molar-refractivity contribution in [3.05, 3.63) is 29.6 Å². The molecule has 1 aromatic heterocycles. The van der Waals surface area contributed by atoms with Gasteiger partial charge in [-0.25, -0.2) is 8.78 Å². The number of nitrogens with zero attached hydrogens (tertiary/aromatic N) is 1. The van der Waals surface area contributed by atoms with E-state index in [0.29, 0.717) is 12.1 Å². The largest absolute Gasteiger partial charge is 0.393 e. The van der Waals surface area contributed by atoms with Gasteiger partial charge in [-0.3, -0.25) is 4.84 Å². The molecule has 2 rings (SSSR count). The van der Waals surface area contributed by atoms with E-state index in [9.17, 15) is 13.9 Å². The zero-order valence-corrected chi connectivity index (χ0v) is 11.2. The molecule has 5 nitrogen and oxygen atoms in total. The summed E-state index contributed by atoms with van der Waals surface area (Å²) < 4.78 is 29.2. The fourth-order valence-electron chi connectivity index (χ4n) is 2.43. The van der Waals surface area contributed by atoms with E-state index in [-0.39, 0.29) is 18.7 Å². The summed E-state index contributed by atoms with van der Waals surface area (Å²) in [6.07, 6.45) is 0.0724. The highest BCUT2D eigenvalue weighted by atomic mass is 19.3. The van der Waals surface area contributed by atoms with E-state index in [1.165, 1.54) is 24.1 Å². The number of aromatic nitrogens is 1. The summed E-state index contributed by atoms with van der Waals surface area (Å²) in [7, 11) is 1.39. The first-order chi connectivity index (χ1) is 9.49. The Morgan fingerprint density at radius 2 is 2.35 bits per heavy atom. The van der Waals surface area contributed by atoms with Crippen LogP contribution in [0.25, 0.3) is 0 Å². The number of piperidine rings is 1. The van der Waals surface area contributed by atoms with Crippen molar-refractivity contribution >= 4 is 0 Å². The molecule has 1 aliphatic heterocycles. The number of aliphatic hydroxyl groups is 2. The van der Waals surface area contributed by atoms with Crippen LogP contribution in [0.3, 0.4) is 0 Å². The number of nitrogens with one attached hydrogen (secondary N) is 1. The highest BCUT2D eigenvalue weighted by molar-refractivity contribution is 5.23. The number of rotatable bonds is 4. The maximum atomic E-state index is 14.0. The lowest BCUT2D eigenvalue weighted by Crippen LogP contribution is -2.47. The molecular weight excluding hydrogens is 270 g/mol. The number of alkyl halides is 2. The Hall–Kier alpha value is -1.31. The molecule has 0 aliphatic carbocycles. The van der Waals surface area contributed by atoms with E-state index in [0.717, 1.165) is 0 Å². The van der Waals surface area contributed by atoms with Crippen LogP contribution in [0.5, 0.6) is 0 Å². The van der Waals surface area contributed by atoms with Crippen LogP contribution in [0.1, 0.15) is 29.7 Å². The third-order valence-corrected chi connectivity index (χ3v) is 3.58. The van der Waals surface area contributed by atoms with Crippen LogP contribution < -0.4 is 14.9 Å². The minimum Gasteiger partial charge on any atom is -0.393 e. The van der Waals surface area contributed by atoms with Crippen LogP contribution in [0, 0.1) is 0 Å². The van der Waals surface area contributed by atoms with Crippen molar-refractivity contribution in [1.29, 1.82) is 0 Å². The molecule has 1 aromatic rings. The molecule has 2 unspecified atom stereocenters. The standard InChI is InChI=1S/C13H19F2N2O3/c1-20-17-5-2-9(6-11(17)12(19)8-18)10-7-16-4-3-13(10,14)15/h2,5-6,10,12,16,18-19H,3-4,7-8H2,1H3/q+1. The second kappa shape index (κ2) is 5.99. The van der Waals surface area contributed by atoms with Crippen molar-refractivity contribution in [2.24, 2.45) is 0 Å². The fraction of sp³-hybridized carbons (Fsp3) is 0.615. The Kier molecular flexibility index (Phi) is 4.52. The van der Waals surface area contributed by atoms with Crippen LogP contribution in [0.4, 0.5) is 8.78 Å². The first kappa shape index (κ1) is 15.1. The van der Waals surface area contributed by atoms with E-state index in [1.807, 2.05) is 0 Å². The Bertz CT molecular complexity index is 471. The summed E-state index contributed by atoms with van der Waals surface area (Å²) in [5.41, 5.74) is 0.659. The number of halogens is 2. The van der Waals surface area contributed by atoms with Gasteiger partial charge in [-0.15, -0.1) is 0 Å². The van der Waals surface area contributed by atoms with Gasteiger partial charge in [0.15, 0.2) is 6.10 Å². The van der Waals surface area contributed by atoms with Gasteiger partial charge in [0.25, 0.3) is 11.6 Å². The number of hydrogen-bond acceptors (Lipinski definition) is 4. The fourth-order valence-corrected chi connectivity index (χ4v) is 2.43. The van der Waals surface area contributed by atoms with Crippen LogP contribution in [-0.4, -0.2) is 42.9 Å². The van der Waals surface area contributed by atoms with Crippen LogP contribution in [-0.2, 0) is 0 Å². The molecule has 0 radical (unpaired) electrons. The van der Waals surface area contributed by atoms with Crippen LogP contribution >= 0.6 is 0 Å². The summed E-state index contributed by atoms with van der Waals surface area (Å²) in [5, 5.41) is 21.7. The summed E-state index contributed by atoms with van der Waals surface area (Å²) in [6.45, 7) is -0.0364. The lowest BCUT2D eigenvalue weighted by molar-refractivity contribution is -0.892. The van der Waals surface area contributed by atoms with Crippen LogP contribution in [0.2, 0.25) is 0 Å². The molecule has 2 atom stereocenters. The van der Waals surface area contributed by atoms with Gasteiger partial charge in [0, 0.05) is 36.4 Å². The lowest BCUT2D eigenvalue weighted by atomic mass is 9.88. The minimum atomic E-state index is -2.79. The van der Waals surface area contributed by atoms with E-state index >= 15 is 0 Å². The molecule has 112 valence electrons. The summed E-state index contributed by atoms with van der Waals surface area (Å²) in [5.74, 6) is -3.74. The molecular formula is C13H19F2N2O3+. The van der Waals surface area contributed by atoms with E-state index in [1.54, 1.807) is 6.07 Å². The van der Waals surface area contributed by atoms with Gasteiger partial charge in [-0.1, -0.05) is 0 Å². The van der Waals surface area contributed by atoms with Gasteiger partial charge in [0.2, 0.25) is 6.20 Å². The zero-order chi connectivity index (χ0) is 14.8. The molecule has 7 heteroatoms. The smallest absolute Gasteiger partial charge is 0.265 e. The number of hydrogen-bond donors (Lipinski definition) is 3. The monoisotopic (exact) mass is 289 g/mol. The van der Waals surface area contributed by atoms with Crippen molar-refractivity contribution < 1.29 is 28.6 Å². The Balaban J connectivity index is 2.37. The van der Waals surface area contributed by atoms with Crippen molar-refractivity contribution in [2.75, 3.05) is 26.8 Å². The maximum absolute atomic E-state index is 14.0. The van der Waals surface area contributed by atoms with Gasteiger partial charge in [0.1, 0.15) is 7.11 Å². The van der Waals surface area contributed by atoms with Crippen molar-refractivity contribution in [3.63, 3.8) is 0 Å². The highest BCUT2D eigenvalue weighted by Crippen LogP contribution is 2.37. The molecule has 0 bridgehead atoms. The van der Waals surface area contributed by atoms with Gasteiger partial charge < -0.3 is 15.5 Å². The van der Waals surface area contributed by atoms with E-state index in [4.69, 9.17) is 9.94 Å². The third kappa shape index (κ3) is 2.89. The maximum Gasteiger partial charge on any atom is 0.265 e. The predicted octanol–water partition coefficient (Wildman–Crippen LogP) is -0.230. The Morgan fingerprint density at radius 1 is 1.60 bits per heavy atom. The second-order valence-electron chi connectivity index (χ2n) is 4.86. The minimum absolute atomic E-state index is 0.179. The second-order valence-corrected chi connectivity index (χ2v) is 4.86. The van der Waals surface area contributed by atoms with Gasteiger partial charge in [0.05, 0.1) is 12.5 Å². The van der Waals surface area contributed by atoms with Crippen LogP contribution in [0.15, 0.2) is 18.3 Å². The Labute approximate surface area is 115 Å². The average molecular weight is 289 g/mol. The molecule has 1 aliphatic rings. The SMILES string of the molecule is CO[n+]1ccc(C2CNCCC2(F)F)cc1C(O)CO. The topological polar surface area (TPSA) is 65.6 Å². The summed E-state index contributed by atoms with van der Waals surface area (Å²) >= 11 is 0. The molecule has 0 saturated carbocycles. The van der Waals surface area contributed by atoms with Crippen molar-refractivity contribution in [2.45, 2.75) is 24.4 Å². The van der Waals surface area contributed by atoms with Gasteiger partial charge in [-0.05, 0) is 5.56 Å². The average Bonchev–Trinajstić information content (AvgIpc) is 2.45. The molecule has 20 heavy (non-hydrogen) atoms. The zero-order valence-electron chi connectivity index (χ0n) is 11.2. The molecule has 2 heterocycles. The van der Waals surface area contributed by atoms with E-state index < -0.39 is 24.6 Å². The number of pyridine rings is 1. The first-order valence-electron chi connectivity index (χ1n) is 6.47. The van der Waals surface area contributed by atoms with Gasteiger partial charge in [-0.2, -0.15) is 0 Å². The normalized spacial score (nSPS) is 23.4.